The first-order valence-electron chi connectivity index (χ1n) is 5.59. The predicted octanol–water partition coefficient (Wildman–Crippen LogP) is 3.69. The fraction of sp³-hybridized carbons (Fsp3) is 0.200. The Balaban J connectivity index is 2.72. The zero-order valence-corrected chi connectivity index (χ0v) is 10.3. The van der Waals surface area contributed by atoms with E-state index in [9.17, 15) is 10.2 Å². The van der Waals surface area contributed by atoms with Gasteiger partial charge in [0.1, 0.15) is 11.5 Å². The summed E-state index contributed by atoms with van der Waals surface area (Å²) in [6.07, 6.45) is 0. The summed E-state index contributed by atoms with van der Waals surface area (Å²) in [6, 6.07) is 9.19. The van der Waals surface area contributed by atoms with Crippen LogP contribution in [0.4, 0.5) is 0 Å². The van der Waals surface area contributed by atoms with E-state index in [0.717, 1.165) is 16.7 Å². The van der Waals surface area contributed by atoms with Gasteiger partial charge < -0.3 is 10.2 Å². The molecule has 0 bridgehead atoms. The minimum absolute atomic E-state index is 0.191. The fourth-order valence-corrected chi connectivity index (χ4v) is 2.03. The summed E-state index contributed by atoms with van der Waals surface area (Å²) in [5.74, 6) is 0.424. The molecule has 2 rings (SSSR count). The Morgan fingerprint density at radius 2 is 1.41 bits per heavy atom. The Labute approximate surface area is 101 Å². The highest BCUT2D eigenvalue weighted by Crippen LogP contribution is 2.38. The summed E-state index contributed by atoms with van der Waals surface area (Å²) in [7, 11) is 0. The van der Waals surface area contributed by atoms with Gasteiger partial charge in [0.15, 0.2) is 0 Å². The molecule has 0 aliphatic rings. The highest BCUT2D eigenvalue weighted by atomic mass is 16.3. The third-order valence-electron chi connectivity index (χ3n) is 2.89. The van der Waals surface area contributed by atoms with Gasteiger partial charge >= 0.3 is 0 Å². The monoisotopic (exact) mass is 228 g/mol. The van der Waals surface area contributed by atoms with Crippen molar-refractivity contribution >= 4 is 0 Å². The quantitative estimate of drug-likeness (QED) is 0.781. The van der Waals surface area contributed by atoms with Crippen molar-refractivity contribution in [3.63, 3.8) is 0 Å². The standard InChI is InChI=1S/C15H16O2/c1-9-4-5-14(16)12(7-9)13-8-10(2)6-11(3)15(13)17/h4-8,16-17H,1-3H3. The van der Waals surface area contributed by atoms with E-state index in [4.69, 9.17) is 0 Å². The van der Waals surface area contributed by atoms with Gasteiger partial charge in [0.05, 0.1) is 0 Å². The molecule has 2 aromatic carbocycles. The molecule has 2 nitrogen and oxygen atoms in total. The molecule has 0 spiro atoms. The van der Waals surface area contributed by atoms with Crippen LogP contribution in [0.15, 0.2) is 30.3 Å². The molecular formula is C15H16O2. The molecule has 0 amide bonds. The zero-order valence-electron chi connectivity index (χ0n) is 10.3. The molecule has 88 valence electrons. The van der Waals surface area contributed by atoms with E-state index >= 15 is 0 Å². The number of hydrogen-bond acceptors (Lipinski definition) is 2. The molecule has 0 fully saturated rings. The van der Waals surface area contributed by atoms with E-state index in [1.54, 1.807) is 6.07 Å². The third kappa shape index (κ3) is 2.11. The molecule has 17 heavy (non-hydrogen) atoms. The highest BCUT2D eigenvalue weighted by molar-refractivity contribution is 5.77. The van der Waals surface area contributed by atoms with Crippen LogP contribution >= 0.6 is 0 Å². The molecule has 2 aromatic rings. The van der Waals surface area contributed by atoms with Gasteiger partial charge in [-0.1, -0.05) is 17.7 Å². The number of aromatic hydroxyl groups is 2. The van der Waals surface area contributed by atoms with Gasteiger partial charge in [-0.15, -0.1) is 0 Å². The second-order valence-electron chi connectivity index (χ2n) is 4.50. The average molecular weight is 228 g/mol. The SMILES string of the molecule is Cc1ccc(O)c(-c2cc(C)cc(C)c2O)c1. The molecule has 0 unspecified atom stereocenters. The first kappa shape index (κ1) is 11.5. The maximum absolute atomic E-state index is 10.1. The average Bonchev–Trinajstić information content (AvgIpc) is 2.27. The number of phenols is 2. The summed E-state index contributed by atoms with van der Waals surface area (Å²) in [4.78, 5) is 0. The summed E-state index contributed by atoms with van der Waals surface area (Å²) < 4.78 is 0. The fourth-order valence-electron chi connectivity index (χ4n) is 2.03. The molecule has 0 aliphatic carbocycles. The number of hydrogen-bond donors (Lipinski definition) is 2. The minimum Gasteiger partial charge on any atom is -0.507 e. The molecule has 0 saturated carbocycles. The molecule has 0 saturated heterocycles. The summed E-state index contributed by atoms with van der Waals surface area (Å²) >= 11 is 0. The molecule has 0 aromatic heterocycles. The van der Waals surface area contributed by atoms with Crippen molar-refractivity contribution in [3.05, 3.63) is 47.0 Å². The van der Waals surface area contributed by atoms with Crippen LogP contribution < -0.4 is 0 Å². The van der Waals surface area contributed by atoms with E-state index < -0.39 is 0 Å². The van der Waals surface area contributed by atoms with Crippen molar-refractivity contribution in [1.82, 2.24) is 0 Å². The molecule has 0 radical (unpaired) electrons. The van der Waals surface area contributed by atoms with Gasteiger partial charge in [0.25, 0.3) is 0 Å². The van der Waals surface area contributed by atoms with E-state index in [1.807, 2.05) is 45.0 Å². The molecule has 0 aliphatic heterocycles. The lowest BCUT2D eigenvalue weighted by Gasteiger charge is -2.11. The molecule has 2 heteroatoms. The highest BCUT2D eigenvalue weighted by Gasteiger charge is 2.11. The number of aryl methyl sites for hydroxylation is 3. The summed E-state index contributed by atoms with van der Waals surface area (Å²) in [6.45, 7) is 5.80. The maximum Gasteiger partial charge on any atom is 0.126 e. The van der Waals surface area contributed by atoms with Crippen LogP contribution in [-0.2, 0) is 0 Å². The van der Waals surface area contributed by atoms with Crippen LogP contribution in [0.25, 0.3) is 11.1 Å². The Bertz CT molecular complexity index is 571. The van der Waals surface area contributed by atoms with Crippen molar-refractivity contribution in [2.24, 2.45) is 0 Å². The Morgan fingerprint density at radius 3 is 2.12 bits per heavy atom. The van der Waals surface area contributed by atoms with E-state index in [1.165, 1.54) is 0 Å². The van der Waals surface area contributed by atoms with Gasteiger partial charge in [0, 0.05) is 11.1 Å². The van der Waals surface area contributed by atoms with Crippen molar-refractivity contribution in [1.29, 1.82) is 0 Å². The van der Waals surface area contributed by atoms with Crippen molar-refractivity contribution in [2.75, 3.05) is 0 Å². The van der Waals surface area contributed by atoms with Crippen LogP contribution in [0.3, 0.4) is 0 Å². The van der Waals surface area contributed by atoms with Gasteiger partial charge in [-0.25, -0.2) is 0 Å². The Hall–Kier alpha value is -1.96. The van der Waals surface area contributed by atoms with Crippen LogP contribution in [0.5, 0.6) is 11.5 Å². The summed E-state index contributed by atoms with van der Waals surface area (Å²) in [5.41, 5.74) is 4.30. The van der Waals surface area contributed by atoms with Crippen LogP contribution in [0.1, 0.15) is 16.7 Å². The van der Waals surface area contributed by atoms with Gasteiger partial charge in [0.2, 0.25) is 0 Å². The molecular weight excluding hydrogens is 212 g/mol. The summed E-state index contributed by atoms with van der Waals surface area (Å²) in [5, 5.41) is 20.0. The largest absolute Gasteiger partial charge is 0.507 e. The second-order valence-corrected chi connectivity index (χ2v) is 4.50. The zero-order chi connectivity index (χ0) is 12.6. The lowest BCUT2D eigenvalue weighted by Crippen LogP contribution is -1.87. The molecule has 0 heterocycles. The lowest BCUT2D eigenvalue weighted by molar-refractivity contribution is 0.466. The minimum atomic E-state index is 0.191. The lowest BCUT2D eigenvalue weighted by atomic mass is 9.97. The topological polar surface area (TPSA) is 40.5 Å². The first-order chi connectivity index (χ1) is 7.99. The van der Waals surface area contributed by atoms with Gasteiger partial charge in [-0.2, -0.15) is 0 Å². The molecule has 2 N–H and O–H groups in total. The Morgan fingerprint density at radius 1 is 0.765 bits per heavy atom. The van der Waals surface area contributed by atoms with Crippen molar-refractivity contribution in [3.8, 4) is 22.6 Å². The first-order valence-corrected chi connectivity index (χ1v) is 5.59. The van der Waals surface area contributed by atoms with E-state index in [-0.39, 0.29) is 11.5 Å². The smallest absolute Gasteiger partial charge is 0.126 e. The Kier molecular flexibility index (Phi) is 2.80. The maximum atomic E-state index is 10.1. The van der Waals surface area contributed by atoms with Crippen LogP contribution in [0, 0.1) is 20.8 Å². The second kappa shape index (κ2) is 4.13. The van der Waals surface area contributed by atoms with E-state index in [0.29, 0.717) is 11.1 Å². The van der Waals surface area contributed by atoms with E-state index in [2.05, 4.69) is 0 Å². The van der Waals surface area contributed by atoms with Crippen LogP contribution in [-0.4, -0.2) is 10.2 Å². The van der Waals surface area contributed by atoms with Crippen LogP contribution in [0.2, 0.25) is 0 Å². The van der Waals surface area contributed by atoms with Gasteiger partial charge in [-0.05, 0) is 50.1 Å². The van der Waals surface area contributed by atoms with Crippen molar-refractivity contribution in [2.45, 2.75) is 20.8 Å². The number of benzene rings is 2. The normalized spacial score (nSPS) is 10.5. The molecule has 0 atom stereocenters. The third-order valence-corrected chi connectivity index (χ3v) is 2.89. The van der Waals surface area contributed by atoms with Crippen molar-refractivity contribution < 1.29 is 10.2 Å². The predicted molar refractivity (Wildman–Crippen MR) is 69.4 cm³/mol. The number of rotatable bonds is 1. The number of phenolic OH excluding ortho intramolecular Hbond substituents is 2. The van der Waals surface area contributed by atoms with Gasteiger partial charge in [-0.3, -0.25) is 0 Å².